The van der Waals surface area contributed by atoms with Crippen LogP contribution in [0.15, 0.2) is 60.7 Å². The van der Waals surface area contributed by atoms with Crippen LogP contribution in [0, 0.1) is 10.1 Å². The molecular weight excluding hydrogens is 254 g/mol. The molecule has 0 aromatic heterocycles. The molecule has 0 aliphatic rings. The lowest BCUT2D eigenvalue weighted by atomic mass is 9.82. The summed E-state index contributed by atoms with van der Waals surface area (Å²) in [4.78, 5) is 22.0. The maximum atomic E-state index is 11.5. The van der Waals surface area contributed by atoms with E-state index in [4.69, 9.17) is 0 Å². The Morgan fingerprint density at radius 1 is 0.950 bits per heavy atom. The molecule has 0 heterocycles. The predicted molar refractivity (Wildman–Crippen MR) is 76.3 cm³/mol. The van der Waals surface area contributed by atoms with E-state index >= 15 is 0 Å². The molecule has 0 aliphatic heterocycles. The minimum atomic E-state index is -0.510. The molecule has 2 aromatic carbocycles. The number of carbonyl (C=O) groups is 1. The third-order valence-electron chi connectivity index (χ3n) is 3.34. The minimum absolute atomic E-state index is 0.262. The maximum absolute atomic E-state index is 11.5. The highest BCUT2D eigenvalue weighted by Crippen LogP contribution is 2.31. The number of carbonyl (C=O) groups excluding carboxylic acids is 1. The van der Waals surface area contributed by atoms with Gasteiger partial charge in [0.2, 0.25) is 6.54 Å². The molecule has 0 bridgehead atoms. The first-order valence-corrected chi connectivity index (χ1v) is 6.39. The smallest absolute Gasteiger partial charge is 0.211 e. The maximum Gasteiger partial charge on any atom is 0.211 e. The van der Waals surface area contributed by atoms with Gasteiger partial charge in [0.05, 0.1) is 11.8 Å². The van der Waals surface area contributed by atoms with E-state index in [1.54, 1.807) is 0 Å². The molecule has 0 aliphatic carbocycles. The summed E-state index contributed by atoms with van der Waals surface area (Å²) in [5.41, 5.74) is 1.61. The molecule has 0 spiro atoms. The summed E-state index contributed by atoms with van der Waals surface area (Å²) in [6, 6.07) is 18.3. The summed E-state index contributed by atoms with van der Waals surface area (Å²) in [5.74, 6) is -0.963. The van der Waals surface area contributed by atoms with Crippen molar-refractivity contribution in [3.05, 3.63) is 81.9 Å². The average molecular weight is 269 g/mol. The first-order chi connectivity index (χ1) is 9.72. The Hall–Kier alpha value is -2.49. The Balaban J connectivity index is 2.39. The molecular formula is C16H15NO3. The van der Waals surface area contributed by atoms with E-state index in [-0.39, 0.29) is 11.5 Å². The Bertz CT molecular complexity index is 569. The summed E-state index contributed by atoms with van der Waals surface area (Å²) in [5, 5.41) is 10.9. The number of hydrogen-bond acceptors (Lipinski definition) is 3. The van der Waals surface area contributed by atoms with Crippen LogP contribution in [0.25, 0.3) is 0 Å². The molecule has 4 nitrogen and oxygen atoms in total. The fourth-order valence-corrected chi connectivity index (χ4v) is 2.37. The van der Waals surface area contributed by atoms with Gasteiger partial charge in [-0.2, -0.15) is 0 Å². The van der Waals surface area contributed by atoms with Crippen molar-refractivity contribution in [3.63, 3.8) is 0 Å². The SMILES string of the molecule is O=C[C@@H](c1ccccc1)[C@H](C[N+](=O)[O-])c1ccccc1. The van der Waals surface area contributed by atoms with Crippen LogP contribution in [0.4, 0.5) is 0 Å². The van der Waals surface area contributed by atoms with Crippen LogP contribution in [0.2, 0.25) is 0 Å². The van der Waals surface area contributed by atoms with Crippen molar-refractivity contribution < 1.29 is 9.72 Å². The zero-order chi connectivity index (χ0) is 14.4. The topological polar surface area (TPSA) is 60.2 Å². The molecule has 102 valence electrons. The first-order valence-electron chi connectivity index (χ1n) is 6.39. The van der Waals surface area contributed by atoms with Crippen LogP contribution < -0.4 is 0 Å². The van der Waals surface area contributed by atoms with E-state index in [2.05, 4.69) is 0 Å². The highest BCUT2D eigenvalue weighted by molar-refractivity contribution is 5.64. The second-order valence-electron chi connectivity index (χ2n) is 4.61. The Labute approximate surface area is 117 Å². The van der Waals surface area contributed by atoms with Crippen molar-refractivity contribution in [2.24, 2.45) is 0 Å². The molecule has 0 saturated carbocycles. The van der Waals surface area contributed by atoms with Gasteiger partial charge in [0.1, 0.15) is 6.29 Å². The van der Waals surface area contributed by atoms with E-state index in [0.29, 0.717) is 0 Å². The molecule has 2 atom stereocenters. The van der Waals surface area contributed by atoms with Gasteiger partial charge in [-0.15, -0.1) is 0 Å². The van der Waals surface area contributed by atoms with E-state index in [1.165, 1.54) is 0 Å². The van der Waals surface area contributed by atoms with Gasteiger partial charge in [-0.3, -0.25) is 10.1 Å². The third kappa shape index (κ3) is 3.29. The van der Waals surface area contributed by atoms with Gasteiger partial charge in [0.25, 0.3) is 0 Å². The minimum Gasteiger partial charge on any atom is -0.303 e. The van der Waals surface area contributed by atoms with Crippen LogP contribution in [-0.2, 0) is 4.79 Å². The molecule has 20 heavy (non-hydrogen) atoms. The van der Waals surface area contributed by atoms with Gasteiger partial charge >= 0.3 is 0 Å². The van der Waals surface area contributed by atoms with Gasteiger partial charge in [0, 0.05) is 4.92 Å². The summed E-state index contributed by atoms with van der Waals surface area (Å²) in [6.45, 7) is -0.262. The summed E-state index contributed by atoms with van der Waals surface area (Å²) < 4.78 is 0. The Kier molecular flexibility index (Phi) is 4.60. The second-order valence-corrected chi connectivity index (χ2v) is 4.61. The van der Waals surface area contributed by atoms with Crippen molar-refractivity contribution in [2.75, 3.05) is 6.54 Å². The normalized spacial score (nSPS) is 13.4. The van der Waals surface area contributed by atoms with E-state index < -0.39 is 11.8 Å². The number of aldehydes is 1. The standard InChI is InChI=1S/C16H15NO3/c18-12-16(14-9-5-2-6-10-14)15(11-17(19)20)13-7-3-1-4-8-13/h1-10,12,15-16H,11H2/t15-,16+/m1/s1. The van der Waals surface area contributed by atoms with Crippen molar-refractivity contribution in [2.45, 2.75) is 11.8 Å². The van der Waals surface area contributed by atoms with Gasteiger partial charge < -0.3 is 4.79 Å². The first kappa shape index (κ1) is 13.9. The summed E-state index contributed by atoms with van der Waals surface area (Å²) >= 11 is 0. The Morgan fingerprint density at radius 3 is 1.90 bits per heavy atom. The summed E-state index contributed by atoms with van der Waals surface area (Å²) in [6.07, 6.45) is 0.802. The zero-order valence-corrected chi connectivity index (χ0v) is 10.9. The van der Waals surface area contributed by atoms with Crippen molar-refractivity contribution in [3.8, 4) is 0 Å². The number of hydrogen-bond donors (Lipinski definition) is 0. The molecule has 0 saturated heterocycles. The van der Waals surface area contributed by atoms with Crippen LogP contribution in [-0.4, -0.2) is 17.8 Å². The van der Waals surface area contributed by atoms with E-state index in [9.17, 15) is 14.9 Å². The van der Waals surface area contributed by atoms with Gasteiger partial charge in [0.15, 0.2) is 0 Å². The number of nitro groups is 1. The number of benzene rings is 2. The molecule has 0 amide bonds. The quantitative estimate of drug-likeness (QED) is 0.460. The lowest BCUT2D eigenvalue weighted by molar-refractivity contribution is -0.483. The van der Waals surface area contributed by atoms with Crippen LogP contribution in [0.1, 0.15) is 23.0 Å². The van der Waals surface area contributed by atoms with E-state index in [1.807, 2.05) is 60.7 Å². The van der Waals surface area contributed by atoms with Crippen molar-refractivity contribution >= 4 is 6.29 Å². The molecule has 2 aromatic rings. The number of nitrogens with zero attached hydrogens (tertiary/aromatic N) is 1. The monoisotopic (exact) mass is 269 g/mol. The fourth-order valence-electron chi connectivity index (χ4n) is 2.37. The highest BCUT2D eigenvalue weighted by atomic mass is 16.6. The second kappa shape index (κ2) is 6.61. The predicted octanol–water partition coefficient (Wildman–Crippen LogP) is 3.03. The molecule has 0 radical (unpaired) electrons. The van der Waals surface area contributed by atoms with Crippen LogP contribution in [0.5, 0.6) is 0 Å². The van der Waals surface area contributed by atoms with Crippen molar-refractivity contribution in [1.82, 2.24) is 0 Å². The lowest BCUT2D eigenvalue weighted by Gasteiger charge is -2.20. The third-order valence-corrected chi connectivity index (χ3v) is 3.34. The van der Waals surface area contributed by atoms with Crippen LogP contribution in [0.3, 0.4) is 0 Å². The Morgan fingerprint density at radius 2 is 1.45 bits per heavy atom. The zero-order valence-electron chi connectivity index (χ0n) is 10.9. The van der Waals surface area contributed by atoms with Gasteiger partial charge in [-0.05, 0) is 11.1 Å². The molecule has 0 fully saturated rings. The molecule has 0 N–H and O–H groups in total. The highest BCUT2D eigenvalue weighted by Gasteiger charge is 2.28. The average Bonchev–Trinajstić information content (AvgIpc) is 2.49. The molecule has 4 heteroatoms. The molecule has 0 unspecified atom stereocenters. The fraction of sp³-hybridized carbons (Fsp3) is 0.188. The largest absolute Gasteiger partial charge is 0.303 e. The lowest BCUT2D eigenvalue weighted by Crippen LogP contribution is -2.21. The number of rotatable bonds is 6. The molecule has 2 rings (SSSR count). The summed E-state index contributed by atoms with van der Waals surface area (Å²) in [7, 11) is 0. The van der Waals surface area contributed by atoms with Crippen molar-refractivity contribution in [1.29, 1.82) is 0 Å². The van der Waals surface area contributed by atoms with Gasteiger partial charge in [-0.1, -0.05) is 60.7 Å². The van der Waals surface area contributed by atoms with Gasteiger partial charge in [-0.25, -0.2) is 0 Å². The van der Waals surface area contributed by atoms with E-state index in [0.717, 1.165) is 17.4 Å². The van der Waals surface area contributed by atoms with Crippen LogP contribution >= 0.6 is 0 Å².